The summed E-state index contributed by atoms with van der Waals surface area (Å²) in [7, 11) is 0. The van der Waals surface area contributed by atoms with Crippen molar-refractivity contribution in [2.75, 3.05) is 52.7 Å². The van der Waals surface area contributed by atoms with Crippen LogP contribution in [-0.2, 0) is 28.6 Å². The van der Waals surface area contributed by atoms with Crippen LogP contribution in [0.25, 0.3) is 0 Å². The van der Waals surface area contributed by atoms with Gasteiger partial charge in [0.2, 0.25) is 17.7 Å². The molecule has 0 rings (SSSR count). The van der Waals surface area contributed by atoms with Gasteiger partial charge >= 0.3 is 0 Å². The van der Waals surface area contributed by atoms with E-state index in [9.17, 15) is 14.4 Å². The standard InChI is InChI=1S/C21H35N3O6/c1-4-19(25)22-10-7-13-28-16-18(30-15-9-12-24-21(27)6-3)17-29-14-8-11-23-20(26)5-2/h4-6,18H,1-3,7-17H2,(H,22,25)(H,23,26)(H,24,27). The number of carbonyl (C=O) groups excluding carboxylic acids is 3. The van der Waals surface area contributed by atoms with Gasteiger partial charge in [0.25, 0.3) is 0 Å². The number of ether oxygens (including phenoxy) is 3. The molecule has 0 saturated carbocycles. The predicted octanol–water partition coefficient (Wildman–Crippen LogP) is 0.482. The second-order valence-electron chi connectivity index (χ2n) is 6.19. The minimum atomic E-state index is -0.259. The third-order valence-electron chi connectivity index (χ3n) is 3.67. The van der Waals surface area contributed by atoms with Crippen molar-refractivity contribution in [1.29, 1.82) is 0 Å². The molecular weight excluding hydrogens is 390 g/mol. The van der Waals surface area contributed by atoms with E-state index in [0.29, 0.717) is 71.9 Å². The van der Waals surface area contributed by atoms with Gasteiger partial charge in [0.05, 0.1) is 13.2 Å². The van der Waals surface area contributed by atoms with Gasteiger partial charge in [-0.15, -0.1) is 0 Å². The van der Waals surface area contributed by atoms with Gasteiger partial charge in [-0.3, -0.25) is 14.4 Å². The summed E-state index contributed by atoms with van der Waals surface area (Å²) in [6.45, 7) is 13.8. The third-order valence-corrected chi connectivity index (χ3v) is 3.67. The second kappa shape index (κ2) is 19.8. The first-order valence-electron chi connectivity index (χ1n) is 10.0. The molecule has 0 aliphatic heterocycles. The molecule has 0 spiro atoms. The number of carbonyl (C=O) groups is 3. The van der Waals surface area contributed by atoms with Gasteiger partial charge in [-0.2, -0.15) is 0 Å². The monoisotopic (exact) mass is 425 g/mol. The molecule has 30 heavy (non-hydrogen) atoms. The Balaban J connectivity index is 4.05. The molecule has 3 amide bonds. The van der Waals surface area contributed by atoms with Crippen LogP contribution in [0.5, 0.6) is 0 Å². The number of hydrogen-bond donors (Lipinski definition) is 3. The van der Waals surface area contributed by atoms with E-state index in [0.717, 1.165) is 0 Å². The molecule has 0 bridgehead atoms. The van der Waals surface area contributed by atoms with Crippen molar-refractivity contribution >= 4 is 17.7 Å². The maximum atomic E-state index is 11.1. The zero-order valence-electron chi connectivity index (χ0n) is 17.7. The highest BCUT2D eigenvalue weighted by Crippen LogP contribution is 1.99. The summed E-state index contributed by atoms with van der Waals surface area (Å²) in [5, 5.41) is 8.04. The molecule has 0 aromatic carbocycles. The fourth-order valence-corrected chi connectivity index (χ4v) is 2.10. The molecule has 0 fully saturated rings. The topological polar surface area (TPSA) is 115 Å². The molecular formula is C21H35N3O6. The minimum Gasteiger partial charge on any atom is -0.379 e. The van der Waals surface area contributed by atoms with E-state index in [2.05, 4.69) is 35.7 Å². The van der Waals surface area contributed by atoms with Gasteiger partial charge < -0.3 is 30.2 Å². The Morgan fingerprint density at radius 2 is 1.03 bits per heavy atom. The van der Waals surface area contributed by atoms with Crippen LogP contribution >= 0.6 is 0 Å². The lowest BCUT2D eigenvalue weighted by atomic mass is 10.3. The summed E-state index contributed by atoms with van der Waals surface area (Å²) in [5.41, 5.74) is 0. The lowest BCUT2D eigenvalue weighted by Gasteiger charge is -2.18. The number of nitrogens with one attached hydrogen (secondary N) is 3. The van der Waals surface area contributed by atoms with Crippen molar-refractivity contribution in [3.05, 3.63) is 38.0 Å². The van der Waals surface area contributed by atoms with E-state index >= 15 is 0 Å². The number of rotatable bonds is 20. The van der Waals surface area contributed by atoms with Gasteiger partial charge in [-0.1, -0.05) is 19.7 Å². The van der Waals surface area contributed by atoms with E-state index in [1.54, 1.807) is 0 Å². The molecule has 9 nitrogen and oxygen atoms in total. The Morgan fingerprint density at radius 1 is 0.667 bits per heavy atom. The Labute approximate surface area is 178 Å². The molecule has 0 saturated heterocycles. The Morgan fingerprint density at radius 3 is 1.40 bits per heavy atom. The molecule has 9 heteroatoms. The van der Waals surface area contributed by atoms with Crippen LogP contribution in [0.2, 0.25) is 0 Å². The first-order valence-corrected chi connectivity index (χ1v) is 10.0. The van der Waals surface area contributed by atoms with Gasteiger partial charge in [-0.05, 0) is 37.5 Å². The molecule has 0 unspecified atom stereocenters. The first kappa shape index (κ1) is 27.5. The average Bonchev–Trinajstić information content (AvgIpc) is 2.76. The lowest BCUT2D eigenvalue weighted by molar-refractivity contribution is -0.117. The fourth-order valence-electron chi connectivity index (χ4n) is 2.10. The molecule has 0 atom stereocenters. The zero-order chi connectivity index (χ0) is 22.5. The van der Waals surface area contributed by atoms with Crippen LogP contribution in [0.1, 0.15) is 19.3 Å². The van der Waals surface area contributed by atoms with Crippen LogP contribution in [0.4, 0.5) is 0 Å². The van der Waals surface area contributed by atoms with Gasteiger partial charge in [0, 0.05) is 39.5 Å². The van der Waals surface area contributed by atoms with E-state index in [1.165, 1.54) is 18.2 Å². The molecule has 0 aromatic heterocycles. The molecule has 0 aliphatic rings. The maximum absolute atomic E-state index is 11.1. The van der Waals surface area contributed by atoms with Crippen LogP contribution in [-0.4, -0.2) is 76.5 Å². The van der Waals surface area contributed by atoms with Gasteiger partial charge in [-0.25, -0.2) is 0 Å². The van der Waals surface area contributed by atoms with Crippen LogP contribution in [0.15, 0.2) is 38.0 Å². The van der Waals surface area contributed by atoms with E-state index in [-0.39, 0.29) is 23.8 Å². The number of amides is 3. The summed E-state index contributed by atoms with van der Waals surface area (Å²) in [4.78, 5) is 33.2. The Bertz CT molecular complexity index is 507. The van der Waals surface area contributed by atoms with Crippen molar-refractivity contribution in [3.8, 4) is 0 Å². The summed E-state index contributed by atoms with van der Waals surface area (Å²) in [6.07, 6.45) is 5.40. The van der Waals surface area contributed by atoms with Crippen molar-refractivity contribution < 1.29 is 28.6 Å². The van der Waals surface area contributed by atoms with Crippen molar-refractivity contribution in [2.24, 2.45) is 0 Å². The summed E-state index contributed by atoms with van der Waals surface area (Å²) >= 11 is 0. The second-order valence-corrected chi connectivity index (χ2v) is 6.19. The van der Waals surface area contributed by atoms with Gasteiger partial charge in [0.1, 0.15) is 6.10 Å². The molecule has 0 heterocycles. The quantitative estimate of drug-likeness (QED) is 0.193. The van der Waals surface area contributed by atoms with Crippen molar-refractivity contribution in [2.45, 2.75) is 25.4 Å². The Hall–Kier alpha value is -2.49. The van der Waals surface area contributed by atoms with E-state index in [1.807, 2.05) is 0 Å². The smallest absolute Gasteiger partial charge is 0.243 e. The van der Waals surface area contributed by atoms with E-state index < -0.39 is 0 Å². The SMILES string of the molecule is C=CC(=O)NCCCOCC(COCCCNC(=O)C=C)OCCCNC(=O)C=C. The zero-order valence-corrected chi connectivity index (χ0v) is 17.7. The highest BCUT2D eigenvalue weighted by Gasteiger charge is 2.10. The van der Waals surface area contributed by atoms with Crippen molar-refractivity contribution in [3.63, 3.8) is 0 Å². The van der Waals surface area contributed by atoms with Crippen LogP contribution in [0.3, 0.4) is 0 Å². The average molecular weight is 426 g/mol. The largest absolute Gasteiger partial charge is 0.379 e. The molecule has 0 radical (unpaired) electrons. The Kier molecular flexibility index (Phi) is 18.2. The summed E-state index contributed by atoms with van der Waals surface area (Å²) < 4.78 is 17.0. The number of hydrogen-bond acceptors (Lipinski definition) is 6. The summed E-state index contributed by atoms with van der Waals surface area (Å²) in [6, 6.07) is 0. The maximum Gasteiger partial charge on any atom is 0.243 e. The minimum absolute atomic E-state index is 0.211. The van der Waals surface area contributed by atoms with Crippen LogP contribution < -0.4 is 16.0 Å². The third kappa shape index (κ3) is 17.6. The van der Waals surface area contributed by atoms with Crippen molar-refractivity contribution in [1.82, 2.24) is 16.0 Å². The lowest BCUT2D eigenvalue weighted by Crippen LogP contribution is -2.29. The highest BCUT2D eigenvalue weighted by molar-refractivity contribution is 5.87. The molecule has 0 aromatic rings. The first-order chi connectivity index (χ1) is 14.5. The molecule has 170 valence electrons. The molecule has 3 N–H and O–H groups in total. The van der Waals surface area contributed by atoms with Gasteiger partial charge in [0.15, 0.2) is 0 Å². The molecule has 0 aliphatic carbocycles. The van der Waals surface area contributed by atoms with E-state index in [4.69, 9.17) is 14.2 Å². The normalized spacial score (nSPS) is 10.3. The highest BCUT2D eigenvalue weighted by atomic mass is 16.6. The predicted molar refractivity (Wildman–Crippen MR) is 115 cm³/mol. The van der Waals surface area contributed by atoms with Crippen LogP contribution in [0, 0.1) is 0 Å². The summed E-state index contributed by atoms with van der Waals surface area (Å²) in [5.74, 6) is -0.639. The fraction of sp³-hybridized carbons (Fsp3) is 0.571.